The second-order valence-electron chi connectivity index (χ2n) is 5.96. The minimum atomic E-state index is 0. The predicted molar refractivity (Wildman–Crippen MR) is 94.3 cm³/mol. The maximum atomic E-state index is 6.03. The summed E-state index contributed by atoms with van der Waals surface area (Å²) in [5.74, 6) is 2.51. The Hall–Kier alpha value is -0.0800. The molecule has 0 aliphatic carbocycles. The Morgan fingerprint density at radius 3 is 2.48 bits per heavy atom. The van der Waals surface area contributed by atoms with Crippen molar-refractivity contribution in [3.8, 4) is 0 Å². The van der Waals surface area contributed by atoms with Crippen molar-refractivity contribution in [2.75, 3.05) is 39.4 Å². The van der Waals surface area contributed by atoms with E-state index in [4.69, 9.17) is 14.5 Å². The molecule has 2 bridgehead atoms. The van der Waals surface area contributed by atoms with Crippen LogP contribution in [0.15, 0.2) is 4.99 Å². The maximum Gasteiger partial charge on any atom is 0.194 e. The molecule has 3 rings (SSSR count). The Balaban J connectivity index is 0.00000161. The van der Waals surface area contributed by atoms with Crippen LogP contribution in [0, 0.1) is 11.8 Å². The summed E-state index contributed by atoms with van der Waals surface area (Å²) in [6.07, 6.45) is 3.55. The molecular formula is C15H28IN3O2. The maximum absolute atomic E-state index is 6.03. The Morgan fingerprint density at radius 2 is 1.90 bits per heavy atom. The molecule has 3 aliphatic rings. The van der Waals surface area contributed by atoms with Crippen molar-refractivity contribution >= 4 is 29.9 Å². The summed E-state index contributed by atoms with van der Waals surface area (Å²) in [6, 6.07) is 0. The third kappa shape index (κ3) is 3.64. The van der Waals surface area contributed by atoms with Crippen molar-refractivity contribution in [3.63, 3.8) is 0 Å². The van der Waals surface area contributed by atoms with Crippen LogP contribution in [0.4, 0.5) is 0 Å². The average Bonchev–Trinajstić information content (AvgIpc) is 3.13. The van der Waals surface area contributed by atoms with E-state index in [1.807, 2.05) is 6.92 Å². The molecule has 0 aromatic carbocycles. The molecule has 1 N–H and O–H groups in total. The van der Waals surface area contributed by atoms with Gasteiger partial charge in [-0.3, -0.25) is 4.99 Å². The van der Waals surface area contributed by atoms with Crippen molar-refractivity contribution in [2.24, 2.45) is 16.8 Å². The van der Waals surface area contributed by atoms with Crippen molar-refractivity contribution < 1.29 is 9.47 Å². The Morgan fingerprint density at radius 1 is 1.24 bits per heavy atom. The Bertz CT molecular complexity index is 349. The predicted octanol–water partition coefficient (Wildman–Crippen LogP) is 1.72. The topological polar surface area (TPSA) is 46.1 Å². The minimum Gasteiger partial charge on any atom is -0.380 e. The van der Waals surface area contributed by atoms with Gasteiger partial charge in [0.25, 0.3) is 0 Å². The van der Waals surface area contributed by atoms with Crippen LogP contribution < -0.4 is 5.32 Å². The molecule has 0 spiro atoms. The summed E-state index contributed by atoms with van der Waals surface area (Å²) in [5, 5.41) is 3.42. The fourth-order valence-corrected chi connectivity index (χ4v) is 3.92. The summed E-state index contributed by atoms with van der Waals surface area (Å²) in [5.41, 5.74) is 0. The molecule has 3 saturated heterocycles. The number of aliphatic imine (C=N–C) groups is 1. The van der Waals surface area contributed by atoms with Crippen LogP contribution in [0.5, 0.6) is 0 Å². The lowest BCUT2D eigenvalue weighted by Crippen LogP contribution is -2.41. The van der Waals surface area contributed by atoms with Crippen LogP contribution in [0.2, 0.25) is 0 Å². The summed E-state index contributed by atoms with van der Waals surface area (Å²) in [7, 11) is 0. The number of rotatable bonds is 5. The summed E-state index contributed by atoms with van der Waals surface area (Å²) >= 11 is 0. The van der Waals surface area contributed by atoms with Crippen LogP contribution in [0.1, 0.15) is 26.7 Å². The lowest BCUT2D eigenvalue weighted by atomic mass is 9.82. The van der Waals surface area contributed by atoms with Crippen molar-refractivity contribution in [1.29, 1.82) is 0 Å². The average molecular weight is 409 g/mol. The smallest absolute Gasteiger partial charge is 0.194 e. The monoisotopic (exact) mass is 409 g/mol. The van der Waals surface area contributed by atoms with Crippen molar-refractivity contribution in [3.05, 3.63) is 0 Å². The molecular weight excluding hydrogens is 381 g/mol. The molecule has 122 valence electrons. The van der Waals surface area contributed by atoms with Gasteiger partial charge in [0, 0.05) is 38.1 Å². The van der Waals surface area contributed by atoms with Gasteiger partial charge in [0.1, 0.15) is 0 Å². The van der Waals surface area contributed by atoms with Crippen LogP contribution in [0.25, 0.3) is 0 Å². The van der Waals surface area contributed by atoms with Gasteiger partial charge in [0.2, 0.25) is 0 Å². The molecule has 0 aromatic rings. The van der Waals surface area contributed by atoms with Crippen LogP contribution >= 0.6 is 24.0 Å². The molecule has 3 fully saturated rings. The lowest BCUT2D eigenvalue weighted by molar-refractivity contribution is 0.0766. The van der Waals surface area contributed by atoms with Gasteiger partial charge in [-0.15, -0.1) is 24.0 Å². The highest BCUT2D eigenvalue weighted by atomic mass is 127. The van der Waals surface area contributed by atoms with Crippen molar-refractivity contribution in [2.45, 2.75) is 38.9 Å². The zero-order valence-electron chi connectivity index (χ0n) is 13.1. The van der Waals surface area contributed by atoms with Gasteiger partial charge in [-0.1, -0.05) is 0 Å². The van der Waals surface area contributed by atoms with Gasteiger partial charge in [0.15, 0.2) is 5.96 Å². The second-order valence-corrected chi connectivity index (χ2v) is 5.96. The van der Waals surface area contributed by atoms with E-state index in [1.54, 1.807) is 0 Å². The van der Waals surface area contributed by atoms with Gasteiger partial charge in [-0.05, 0) is 26.7 Å². The van der Waals surface area contributed by atoms with E-state index in [0.717, 1.165) is 50.6 Å². The normalized spacial score (nSPS) is 34.0. The number of nitrogens with zero attached hydrogens (tertiary/aromatic N) is 2. The number of ether oxygens (including phenoxy) is 2. The minimum absolute atomic E-state index is 0. The van der Waals surface area contributed by atoms with E-state index in [9.17, 15) is 0 Å². The first-order valence-electron chi connectivity index (χ1n) is 8.10. The molecule has 0 aromatic heterocycles. The molecule has 4 unspecified atom stereocenters. The first-order chi connectivity index (χ1) is 9.83. The van der Waals surface area contributed by atoms with Gasteiger partial charge >= 0.3 is 0 Å². The molecule has 0 saturated carbocycles. The molecule has 0 radical (unpaired) electrons. The highest BCUT2D eigenvalue weighted by molar-refractivity contribution is 14.0. The molecule has 5 nitrogen and oxygen atoms in total. The zero-order valence-corrected chi connectivity index (χ0v) is 15.4. The van der Waals surface area contributed by atoms with Gasteiger partial charge < -0.3 is 19.7 Å². The summed E-state index contributed by atoms with van der Waals surface area (Å²) in [6.45, 7) is 9.49. The number of nitrogens with one attached hydrogen (secondary N) is 1. The number of guanidine groups is 1. The second kappa shape index (κ2) is 7.97. The standard InChI is InChI=1S/C15H27N3O2.HI/c1-3-16-15(17-7-8-19-4-2)18-9-11-12(10-18)14-6-5-13(11)20-14;/h11-14H,3-10H2,1-2H3,(H,16,17);1H. The fraction of sp³-hybridized carbons (Fsp3) is 0.933. The highest BCUT2D eigenvalue weighted by Gasteiger charge is 2.53. The largest absolute Gasteiger partial charge is 0.380 e. The van der Waals surface area contributed by atoms with E-state index >= 15 is 0 Å². The Kier molecular flexibility index (Phi) is 6.55. The SMILES string of the molecule is CCNC(=NCCOCC)N1CC2C3CCC(O3)C2C1.I. The number of halogens is 1. The molecule has 6 heteroatoms. The van der Waals surface area contributed by atoms with Gasteiger partial charge in [0.05, 0.1) is 25.4 Å². The van der Waals surface area contributed by atoms with E-state index < -0.39 is 0 Å². The van der Waals surface area contributed by atoms with Gasteiger partial charge in [-0.25, -0.2) is 0 Å². The molecule has 3 heterocycles. The van der Waals surface area contributed by atoms with E-state index in [-0.39, 0.29) is 24.0 Å². The third-order valence-electron chi connectivity index (χ3n) is 4.79. The zero-order chi connectivity index (χ0) is 13.9. The molecule has 4 atom stereocenters. The van der Waals surface area contributed by atoms with Crippen LogP contribution in [-0.2, 0) is 9.47 Å². The van der Waals surface area contributed by atoms with Crippen LogP contribution in [-0.4, -0.2) is 62.5 Å². The first kappa shape index (κ1) is 17.3. The lowest BCUT2D eigenvalue weighted by Gasteiger charge is -2.23. The summed E-state index contributed by atoms with van der Waals surface area (Å²) in [4.78, 5) is 7.13. The van der Waals surface area contributed by atoms with E-state index in [2.05, 4.69) is 17.1 Å². The quantitative estimate of drug-likeness (QED) is 0.325. The number of hydrogen-bond donors (Lipinski definition) is 1. The van der Waals surface area contributed by atoms with Crippen LogP contribution in [0.3, 0.4) is 0 Å². The van der Waals surface area contributed by atoms with Crippen molar-refractivity contribution in [1.82, 2.24) is 10.2 Å². The third-order valence-corrected chi connectivity index (χ3v) is 4.79. The number of hydrogen-bond acceptors (Lipinski definition) is 3. The number of fused-ring (bicyclic) bond motifs is 5. The summed E-state index contributed by atoms with van der Waals surface area (Å²) < 4.78 is 11.4. The molecule has 3 aliphatic heterocycles. The highest BCUT2D eigenvalue weighted by Crippen LogP contribution is 2.47. The van der Waals surface area contributed by atoms with E-state index in [1.165, 1.54) is 12.8 Å². The Labute approximate surface area is 144 Å². The number of likely N-dealkylation sites (tertiary alicyclic amines) is 1. The van der Waals surface area contributed by atoms with Gasteiger partial charge in [-0.2, -0.15) is 0 Å². The molecule has 21 heavy (non-hydrogen) atoms. The molecule has 0 amide bonds. The fourth-order valence-electron chi connectivity index (χ4n) is 3.92. The first-order valence-corrected chi connectivity index (χ1v) is 8.10. The van der Waals surface area contributed by atoms with E-state index in [0.29, 0.717) is 18.8 Å².